The van der Waals surface area contributed by atoms with Crippen molar-refractivity contribution in [3.63, 3.8) is 0 Å². The maximum atomic E-state index is 5.72. The third kappa shape index (κ3) is 2.83. The van der Waals surface area contributed by atoms with E-state index in [2.05, 4.69) is 10.2 Å². The molecule has 2 saturated carbocycles. The molecule has 0 amide bonds. The predicted octanol–water partition coefficient (Wildman–Crippen LogP) is 1.63. The lowest BCUT2D eigenvalue weighted by Gasteiger charge is -2.43. The third-order valence-electron chi connectivity index (χ3n) is 4.85. The van der Waals surface area contributed by atoms with Crippen LogP contribution >= 0.6 is 0 Å². The van der Waals surface area contributed by atoms with Crippen LogP contribution in [0.3, 0.4) is 0 Å². The first-order valence-electron chi connectivity index (χ1n) is 7.31. The van der Waals surface area contributed by atoms with E-state index < -0.39 is 0 Å². The monoisotopic (exact) mass is 238 g/mol. The van der Waals surface area contributed by atoms with Gasteiger partial charge in [0.15, 0.2) is 0 Å². The fourth-order valence-corrected chi connectivity index (χ4v) is 3.25. The highest BCUT2D eigenvalue weighted by Gasteiger charge is 2.40. The zero-order valence-electron chi connectivity index (χ0n) is 11.1. The first-order chi connectivity index (χ1) is 8.30. The third-order valence-corrected chi connectivity index (χ3v) is 4.85. The molecule has 98 valence electrons. The van der Waals surface area contributed by atoms with Crippen molar-refractivity contribution in [1.29, 1.82) is 0 Å². The lowest BCUT2D eigenvalue weighted by Crippen LogP contribution is -2.49. The summed E-state index contributed by atoms with van der Waals surface area (Å²) in [5.74, 6) is 0.879. The molecule has 2 aliphatic carbocycles. The van der Waals surface area contributed by atoms with Crippen LogP contribution in [0.4, 0.5) is 0 Å². The van der Waals surface area contributed by atoms with Gasteiger partial charge in [-0.1, -0.05) is 0 Å². The Labute approximate surface area is 105 Å². The number of ether oxygens (including phenoxy) is 1. The molecule has 1 saturated heterocycles. The van der Waals surface area contributed by atoms with Crippen LogP contribution in [0.25, 0.3) is 0 Å². The molecule has 0 bridgehead atoms. The summed E-state index contributed by atoms with van der Waals surface area (Å²) in [7, 11) is 1.89. The molecule has 1 aliphatic heterocycles. The minimum Gasteiger partial charge on any atom is -0.377 e. The largest absolute Gasteiger partial charge is 0.377 e. The van der Waals surface area contributed by atoms with Crippen LogP contribution in [0, 0.1) is 5.92 Å². The highest BCUT2D eigenvalue weighted by molar-refractivity contribution is 4.94. The number of likely N-dealkylation sites (tertiary alicyclic amines) is 1. The second kappa shape index (κ2) is 4.87. The number of nitrogens with one attached hydrogen (secondary N) is 1. The van der Waals surface area contributed by atoms with Gasteiger partial charge < -0.3 is 15.0 Å². The van der Waals surface area contributed by atoms with Crippen molar-refractivity contribution < 1.29 is 4.74 Å². The summed E-state index contributed by atoms with van der Waals surface area (Å²) >= 11 is 0. The summed E-state index contributed by atoms with van der Waals surface area (Å²) in [6, 6.07) is 0.862. The van der Waals surface area contributed by atoms with Crippen LogP contribution in [0.1, 0.15) is 38.5 Å². The van der Waals surface area contributed by atoms with Gasteiger partial charge in [0.1, 0.15) is 0 Å². The maximum Gasteiger partial charge on any atom is 0.0805 e. The molecule has 3 nitrogen and oxygen atoms in total. The van der Waals surface area contributed by atoms with Gasteiger partial charge in [0.2, 0.25) is 0 Å². The van der Waals surface area contributed by atoms with E-state index in [-0.39, 0.29) is 5.60 Å². The molecule has 3 aliphatic rings. The predicted molar refractivity (Wildman–Crippen MR) is 69.2 cm³/mol. The molecular weight excluding hydrogens is 212 g/mol. The van der Waals surface area contributed by atoms with Crippen molar-refractivity contribution in [3.05, 3.63) is 0 Å². The highest BCUT2D eigenvalue weighted by Crippen LogP contribution is 2.36. The van der Waals surface area contributed by atoms with Gasteiger partial charge in [0.25, 0.3) is 0 Å². The van der Waals surface area contributed by atoms with Gasteiger partial charge in [0, 0.05) is 26.2 Å². The van der Waals surface area contributed by atoms with Gasteiger partial charge in [-0.2, -0.15) is 0 Å². The molecule has 1 N–H and O–H groups in total. The Morgan fingerprint density at radius 3 is 2.71 bits per heavy atom. The van der Waals surface area contributed by atoms with Crippen LogP contribution in [0.2, 0.25) is 0 Å². The van der Waals surface area contributed by atoms with Gasteiger partial charge in [-0.05, 0) is 57.5 Å². The van der Waals surface area contributed by atoms with Gasteiger partial charge in [0.05, 0.1) is 5.60 Å². The van der Waals surface area contributed by atoms with Crippen molar-refractivity contribution in [2.75, 3.05) is 33.3 Å². The smallest absolute Gasteiger partial charge is 0.0805 e. The van der Waals surface area contributed by atoms with E-state index in [9.17, 15) is 0 Å². The molecule has 3 fully saturated rings. The van der Waals surface area contributed by atoms with E-state index in [1.54, 1.807) is 0 Å². The normalized spacial score (nSPS) is 32.6. The summed E-state index contributed by atoms with van der Waals surface area (Å²) in [6.45, 7) is 4.97. The SMILES string of the molecule is COC1(CN2CCC(CNC3CC3)C2)CCC1. The summed E-state index contributed by atoms with van der Waals surface area (Å²) in [5, 5.41) is 3.67. The van der Waals surface area contributed by atoms with Crippen molar-refractivity contribution in [2.45, 2.75) is 50.2 Å². The van der Waals surface area contributed by atoms with Crippen LogP contribution in [0.5, 0.6) is 0 Å². The van der Waals surface area contributed by atoms with Crippen molar-refractivity contribution >= 4 is 0 Å². The Kier molecular flexibility index (Phi) is 3.42. The molecular formula is C14H26N2O. The van der Waals surface area contributed by atoms with E-state index in [4.69, 9.17) is 4.74 Å². The first-order valence-corrected chi connectivity index (χ1v) is 7.31. The second-order valence-electron chi connectivity index (χ2n) is 6.31. The van der Waals surface area contributed by atoms with Crippen LogP contribution in [0.15, 0.2) is 0 Å². The molecule has 17 heavy (non-hydrogen) atoms. The molecule has 0 aromatic rings. The van der Waals surface area contributed by atoms with E-state index in [0.717, 1.165) is 12.0 Å². The molecule has 3 heteroatoms. The van der Waals surface area contributed by atoms with Crippen LogP contribution in [-0.4, -0.2) is 49.8 Å². The first kappa shape index (κ1) is 11.9. The molecule has 1 unspecified atom stereocenters. The van der Waals surface area contributed by atoms with Crippen LogP contribution < -0.4 is 5.32 Å². The van der Waals surface area contributed by atoms with Crippen molar-refractivity contribution in [3.8, 4) is 0 Å². The van der Waals surface area contributed by atoms with E-state index in [1.165, 1.54) is 64.7 Å². The van der Waals surface area contributed by atoms with Crippen molar-refractivity contribution in [1.82, 2.24) is 10.2 Å². The van der Waals surface area contributed by atoms with Gasteiger partial charge in [-0.15, -0.1) is 0 Å². The quantitative estimate of drug-likeness (QED) is 0.761. The minimum absolute atomic E-state index is 0.221. The Morgan fingerprint density at radius 1 is 1.29 bits per heavy atom. The number of nitrogens with zero attached hydrogens (tertiary/aromatic N) is 1. The molecule has 0 spiro atoms. The van der Waals surface area contributed by atoms with Gasteiger partial charge in [-0.3, -0.25) is 0 Å². The fourth-order valence-electron chi connectivity index (χ4n) is 3.25. The van der Waals surface area contributed by atoms with Crippen LogP contribution in [-0.2, 0) is 4.74 Å². The van der Waals surface area contributed by atoms with E-state index in [1.807, 2.05) is 7.11 Å². The summed E-state index contributed by atoms with van der Waals surface area (Å²) in [4.78, 5) is 2.63. The Hall–Kier alpha value is -0.120. The Balaban J connectivity index is 1.40. The average Bonchev–Trinajstić information content (AvgIpc) is 3.01. The topological polar surface area (TPSA) is 24.5 Å². The zero-order valence-corrected chi connectivity index (χ0v) is 11.1. The Bertz CT molecular complexity index is 255. The summed E-state index contributed by atoms with van der Waals surface area (Å²) in [6.07, 6.45) is 8.08. The second-order valence-corrected chi connectivity index (χ2v) is 6.31. The lowest BCUT2D eigenvalue weighted by atomic mass is 9.79. The molecule has 1 atom stereocenters. The lowest BCUT2D eigenvalue weighted by molar-refractivity contribution is -0.0887. The summed E-state index contributed by atoms with van der Waals surface area (Å²) in [5.41, 5.74) is 0.221. The molecule has 0 aromatic heterocycles. The van der Waals surface area contributed by atoms with E-state index in [0.29, 0.717) is 0 Å². The molecule has 0 radical (unpaired) electrons. The Morgan fingerprint density at radius 2 is 2.12 bits per heavy atom. The number of hydrogen-bond acceptors (Lipinski definition) is 3. The fraction of sp³-hybridized carbons (Fsp3) is 1.00. The standard InChI is InChI=1S/C14H26N2O/c1-17-14(6-2-7-14)11-16-8-5-12(10-16)9-15-13-3-4-13/h12-13,15H,2-11H2,1H3. The highest BCUT2D eigenvalue weighted by atomic mass is 16.5. The number of methoxy groups -OCH3 is 1. The maximum absolute atomic E-state index is 5.72. The molecule has 0 aromatic carbocycles. The number of hydrogen-bond donors (Lipinski definition) is 1. The van der Waals surface area contributed by atoms with Gasteiger partial charge in [-0.25, -0.2) is 0 Å². The van der Waals surface area contributed by atoms with Crippen molar-refractivity contribution in [2.24, 2.45) is 5.92 Å². The van der Waals surface area contributed by atoms with E-state index >= 15 is 0 Å². The zero-order chi connectivity index (χ0) is 11.7. The number of rotatable bonds is 6. The molecule has 3 rings (SSSR count). The minimum atomic E-state index is 0.221. The summed E-state index contributed by atoms with van der Waals surface area (Å²) < 4.78 is 5.72. The average molecular weight is 238 g/mol. The molecule has 1 heterocycles. The van der Waals surface area contributed by atoms with Gasteiger partial charge >= 0.3 is 0 Å².